The van der Waals surface area contributed by atoms with Crippen molar-refractivity contribution >= 4 is 18.1 Å². The lowest BCUT2D eigenvalue weighted by molar-refractivity contribution is 0.0734. The number of benzene rings is 3. The van der Waals surface area contributed by atoms with Gasteiger partial charge in [-0.3, -0.25) is 4.79 Å². The van der Waals surface area contributed by atoms with Crippen LogP contribution in [0.3, 0.4) is 0 Å². The minimum atomic E-state index is -0.520. The molecule has 0 heterocycles. The topological polar surface area (TPSA) is 86.2 Å². The third-order valence-electron chi connectivity index (χ3n) is 4.48. The van der Waals surface area contributed by atoms with Crippen molar-refractivity contribution < 1.29 is 23.8 Å². The Morgan fingerprint density at radius 1 is 0.903 bits per heavy atom. The zero-order valence-corrected chi connectivity index (χ0v) is 17.4. The van der Waals surface area contributed by atoms with Crippen molar-refractivity contribution in [2.24, 2.45) is 5.10 Å². The molecule has 0 saturated carbocycles. The first-order valence-electron chi connectivity index (χ1n) is 9.45. The van der Waals surface area contributed by atoms with Crippen LogP contribution in [0.4, 0.5) is 0 Å². The SMILES string of the molecule is COc1ccc(C(=O)Oc2ccc(/C=N/NC(=O)c3ccccc3C)cc2)cc1OC. The zero-order chi connectivity index (χ0) is 22.2. The number of carbonyl (C=O) groups is 2. The van der Waals surface area contributed by atoms with Gasteiger partial charge in [-0.15, -0.1) is 0 Å². The second kappa shape index (κ2) is 10.1. The highest BCUT2D eigenvalue weighted by Crippen LogP contribution is 2.28. The number of methoxy groups -OCH3 is 2. The summed E-state index contributed by atoms with van der Waals surface area (Å²) in [5.74, 6) is 0.539. The van der Waals surface area contributed by atoms with Crippen molar-refractivity contribution in [1.29, 1.82) is 0 Å². The molecule has 0 aromatic heterocycles. The van der Waals surface area contributed by atoms with Gasteiger partial charge in [0.25, 0.3) is 5.91 Å². The van der Waals surface area contributed by atoms with Crippen LogP contribution in [-0.2, 0) is 0 Å². The minimum Gasteiger partial charge on any atom is -0.493 e. The Hall–Kier alpha value is -4.13. The maximum absolute atomic E-state index is 12.4. The molecule has 0 bridgehead atoms. The summed E-state index contributed by atoms with van der Waals surface area (Å²) in [4.78, 5) is 24.5. The number of nitrogens with zero attached hydrogens (tertiary/aromatic N) is 1. The fraction of sp³-hybridized carbons (Fsp3) is 0.125. The summed E-state index contributed by atoms with van der Waals surface area (Å²) in [6.45, 7) is 1.86. The van der Waals surface area contributed by atoms with E-state index in [4.69, 9.17) is 14.2 Å². The van der Waals surface area contributed by atoms with Gasteiger partial charge in [-0.1, -0.05) is 18.2 Å². The van der Waals surface area contributed by atoms with Crippen LogP contribution in [0, 0.1) is 6.92 Å². The van der Waals surface area contributed by atoms with E-state index in [0.29, 0.717) is 28.4 Å². The molecule has 0 fully saturated rings. The number of amides is 1. The van der Waals surface area contributed by atoms with E-state index in [1.54, 1.807) is 54.6 Å². The maximum atomic E-state index is 12.4. The fourth-order valence-electron chi connectivity index (χ4n) is 2.80. The van der Waals surface area contributed by atoms with Gasteiger partial charge < -0.3 is 14.2 Å². The van der Waals surface area contributed by atoms with Crippen molar-refractivity contribution in [3.63, 3.8) is 0 Å². The number of rotatable bonds is 7. The van der Waals surface area contributed by atoms with Gasteiger partial charge in [0, 0.05) is 5.56 Å². The molecule has 0 unspecified atom stereocenters. The van der Waals surface area contributed by atoms with Crippen LogP contribution in [0.1, 0.15) is 31.8 Å². The van der Waals surface area contributed by atoms with E-state index in [1.165, 1.54) is 20.4 Å². The third-order valence-corrected chi connectivity index (χ3v) is 4.48. The molecule has 0 radical (unpaired) electrons. The van der Waals surface area contributed by atoms with Crippen molar-refractivity contribution in [1.82, 2.24) is 5.43 Å². The van der Waals surface area contributed by atoms with Gasteiger partial charge in [-0.05, 0) is 66.6 Å². The highest BCUT2D eigenvalue weighted by atomic mass is 16.5. The Labute approximate surface area is 180 Å². The lowest BCUT2D eigenvalue weighted by Gasteiger charge is -2.09. The van der Waals surface area contributed by atoms with Gasteiger partial charge in [0.1, 0.15) is 5.75 Å². The first kappa shape index (κ1) is 21.6. The zero-order valence-electron chi connectivity index (χ0n) is 17.4. The summed E-state index contributed by atoms with van der Waals surface area (Å²) >= 11 is 0. The molecule has 0 atom stereocenters. The third kappa shape index (κ3) is 5.48. The van der Waals surface area contributed by atoms with E-state index in [2.05, 4.69) is 10.5 Å². The van der Waals surface area contributed by atoms with Gasteiger partial charge in [0.15, 0.2) is 11.5 Å². The maximum Gasteiger partial charge on any atom is 0.343 e. The number of hydrogen-bond acceptors (Lipinski definition) is 6. The normalized spacial score (nSPS) is 10.5. The summed E-state index contributed by atoms with van der Waals surface area (Å²) in [6, 6.07) is 18.8. The Kier molecular flexibility index (Phi) is 7.01. The predicted molar refractivity (Wildman–Crippen MR) is 117 cm³/mol. The molecule has 0 aliphatic heterocycles. The lowest BCUT2D eigenvalue weighted by Crippen LogP contribution is -2.18. The molecular formula is C24H22N2O5. The summed E-state index contributed by atoms with van der Waals surface area (Å²) < 4.78 is 15.8. The summed E-state index contributed by atoms with van der Waals surface area (Å²) in [6.07, 6.45) is 1.51. The first-order valence-corrected chi connectivity index (χ1v) is 9.45. The van der Waals surface area contributed by atoms with E-state index in [1.807, 2.05) is 19.1 Å². The molecule has 31 heavy (non-hydrogen) atoms. The van der Waals surface area contributed by atoms with Crippen LogP contribution < -0.4 is 19.6 Å². The number of aryl methyl sites for hydroxylation is 1. The number of nitrogens with one attached hydrogen (secondary N) is 1. The number of hydrogen-bond donors (Lipinski definition) is 1. The Morgan fingerprint density at radius 2 is 1.61 bits per heavy atom. The first-order chi connectivity index (χ1) is 15.0. The van der Waals surface area contributed by atoms with Crippen LogP contribution >= 0.6 is 0 Å². The molecule has 0 saturated heterocycles. The van der Waals surface area contributed by atoms with E-state index in [-0.39, 0.29) is 5.91 Å². The largest absolute Gasteiger partial charge is 0.493 e. The van der Waals surface area contributed by atoms with E-state index in [9.17, 15) is 9.59 Å². The molecule has 3 aromatic rings. The van der Waals surface area contributed by atoms with Gasteiger partial charge in [0.05, 0.1) is 26.0 Å². The van der Waals surface area contributed by atoms with Gasteiger partial charge in [0.2, 0.25) is 0 Å². The van der Waals surface area contributed by atoms with Gasteiger partial charge >= 0.3 is 5.97 Å². The Balaban J connectivity index is 1.60. The average molecular weight is 418 g/mol. The van der Waals surface area contributed by atoms with Crippen LogP contribution in [0.15, 0.2) is 71.8 Å². The fourth-order valence-corrected chi connectivity index (χ4v) is 2.80. The van der Waals surface area contributed by atoms with Gasteiger partial charge in [-0.25, -0.2) is 10.2 Å². The minimum absolute atomic E-state index is 0.283. The van der Waals surface area contributed by atoms with E-state index < -0.39 is 5.97 Å². The molecule has 1 N–H and O–H groups in total. The highest BCUT2D eigenvalue weighted by molar-refractivity contribution is 5.96. The highest BCUT2D eigenvalue weighted by Gasteiger charge is 2.13. The summed E-state index contributed by atoms with van der Waals surface area (Å²) in [7, 11) is 3.02. The molecule has 3 aromatic carbocycles. The summed E-state index contributed by atoms with van der Waals surface area (Å²) in [5, 5.41) is 3.97. The Bertz CT molecular complexity index is 1110. The van der Waals surface area contributed by atoms with Crippen molar-refractivity contribution in [2.45, 2.75) is 6.92 Å². The molecular weight excluding hydrogens is 396 g/mol. The van der Waals surface area contributed by atoms with E-state index >= 15 is 0 Å². The van der Waals surface area contributed by atoms with Crippen molar-refractivity contribution in [2.75, 3.05) is 14.2 Å². The van der Waals surface area contributed by atoms with E-state index in [0.717, 1.165) is 11.1 Å². The molecule has 0 aliphatic carbocycles. The molecule has 3 rings (SSSR count). The number of carbonyl (C=O) groups excluding carboxylic acids is 2. The molecule has 0 aliphatic rings. The smallest absolute Gasteiger partial charge is 0.343 e. The average Bonchev–Trinajstić information content (AvgIpc) is 2.79. The molecule has 7 heteroatoms. The molecule has 1 amide bonds. The molecule has 7 nitrogen and oxygen atoms in total. The molecule has 158 valence electrons. The second-order valence-corrected chi connectivity index (χ2v) is 6.54. The van der Waals surface area contributed by atoms with Crippen LogP contribution in [0.25, 0.3) is 0 Å². The standard InChI is InChI=1S/C24H22N2O5/c1-16-6-4-5-7-20(16)23(27)26-25-15-17-8-11-19(12-9-17)31-24(28)18-10-13-21(29-2)22(14-18)30-3/h4-15H,1-3H3,(H,26,27)/b25-15+. The number of ether oxygens (including phenoxy) is 3. The van der Waals surface area contributed by atoms with Crippen LogP contribution in [-0.4, -0.2) is 32.3 Å². The number of hydrazone groups is 1. The lowest BCUT2D eigenvalue weighted by atomic mass is 10.1. The summed E-state index contributed by atoms with van der Waals surface area (Å²) in [5.41, 5.74) is 5.01. The monoisotopic (exact) mass is 418 g/mol. The van der Waals surface area contributed by atoms with Gasteiger partial charge in [-0.2, -0.15) is 5.10 Å². The number of esters is 1. The molecule has 0 spiro atoms. The van der Waals surface area contributed by atoms with Crippen LogP contribution in [0.2, 0.25) is 0 Å². The predicted octanol–water partition coefficient (Wildman–Crippen LogP) is 4.00. The van der Waals surface area contributed by atoms with Crippen LogP contribution in [0.5, 0.6) is 17.2 Å². The quantitative estimate of drug-likeness (QED) is 0.271. The van der Waals surface area contributed by atoms with Crippen molar-refractivity contribution in [3.05, 3.63) is 89.0 Å². The second-order valence-electron chi connectivity index (χ2n) is 6.54. The Morgan fingerprint density at radius 3 is 2.29 bits per heavy atom. The van der Waals surface area contributed by atoms with Crippen molar-refractivity contribution in [3.8, 4) is 17.2 Å².